The van der Waals surface area contributed by atoms with Crippen LogP contribution >= 0.6 is 0 Å². The van der Waals surface area contributed by atoms with Crippen molar-refractivity contribution in [2.24, 2.45) is 5.92 Å². The van der Waals surface area contributed by atoms with Gasteiger partial charge in [-0.05, 0) is 74.6 Å². The van der Waals surface area contributed by atoms with Gasteiger partial charge >= 0.3 is 0 Å². The highest BCUT2D eigenvalue weighted by atomic mass is 16.3. The first kappa shape index (κ1) is 20.8. The van der Waals surface area contributed by atoms with Crippen LogP contribution in [0.2, 0.25) is 0 Å². The highest BCUT2D eigenvalue weighted by molar-refractivity contribution is 5.79. The number of aromatic hydroxyl groups is 1. The van der Waals surface area contributed by atoms with Crippen molar-refractivity contribution in [1.29, 1.82) is 0 Å². The Balaban J connectivity index is 1.23. The van der Waals surface area contributed by atoms with Gasteiger partial charge in [-0.2, -0.15) is 0 Å². The molecule has 2 aliphatic heterocycles. The van der Waals surface area contributed by atoms with Crippen LogP contribution in [-0.4, -0.2) is 58.0 Å². The third-order valence-electron chi connectivity index (χ3n) is 6.43. The number of phenolic OH excluding ortho intramolecular Hbond substituents is 1. The second-order valence-corrected chi connectivity index (χ2v) is 8.59. The normalized spacial score (nSPS) is 21.4. The Morgan fingerprint density at radius 1 is 1.07 bits per heavy atom. The maximum absolute atomic E-state index is 12.7. The molecule has 1 amide bonds. The lowest BCUT2D eigenvalue weighted by Gasteiger charge is -2.42. The van der Waals surface area contributed by atoms with Gasteiger partial charge in [-0.25, -0.2) is 0 Å². The first-order chi connectivity index (χ1) is 14.7. The van der Waals surface area contributed by atoms with Gasteiger partial charge in [-0.15, -0.1) is 0 Å². The summed E-state index contributed by atoms with van der Waals surface area (Å²) in [4.78, 5) is 22.0. The minimum atomic E-state index is 0.0734. The molecule has 0 saturated carbocycles. The average molecular weight is 409 g/mol. The molecule has 6 nitrogen and oxygen atoms in total. The molecule has 1 aromatic carbocycles. The maximum Gasteiger partial charge on any atom is 0.224 e. The highest BCUT2D eigenvalue weighted by Gasteiger charge is 2.31. The third kappa shape index (κ3) is 5.58. The van der Waals surface area contributed by atoms with Crippen LogP contribution in [0.1, 0.15) is 36.8 Å². The molecule has 3 heterocycles. The van der Waals surface area contributed by atoms with Crippen LogP contribution in [0.25, 0.3) is 0 Å². The van der Waals surface area contributed by atoms with Crippen molar-refractivity contribution in [2.45, 2.75) is 44.8 Å². The highest BCUT2D eigenvalue weighted by Crippen LogP contribution is 2.25. The minimum absolute atomic E-state index is 0.0734. The van der Waals surface area contributed by atoms with Crippen molar-refractivity contribution >= 4 is 5.91 Å². The smallest absolute Gasteiger partial charge is 0.224 e. The van der Waals surface area contributed by atoms with Crippen molar-refractivity contribution in [2.75, 3.05) is 26.2 Å². The Morgan fingerprint density at radius 2 is 1.87 bits per heavy atom. The molecule has 2 aromatic rings. The molecule has 0 unspecified atom stereocenters. The summed E-state index contributed by atoms with van der Waals surface area (Å²) in [7, 11) is 0. The summed E-state index contributed by atoms with van der Waals surface area (Å²) in [6.07, 6.45) is 8.18. The third-order valence-corrected chi connectivity index (χ3v) is 6.43. The van der Waals surface area contributed by atoms with Crippen molar-refractivity contribution < 1.29 is 9.90 Å². The van der Waals surface area contributed by atoms with Crippen molar-refractivity contribution in [1.82, 2.24) is 20.1 Å². The number of hydrogen-bond donors (Lipinski definition) is 2. The molecular weight excluding hydrogens is 376 g/mol. The van der Waals surface area contributed by atoms with E-state index in [9.17, 15) is 9.90 Å². The standard InChI is InChI=1S/C24H32N4O2/c29-23-7-5-19(6-8-23)16-26-24(30)21-4-2-12-28(18-21)22-9-13-27(14-10-22)17-20-3-1-11-25-15-20/h1,3,5-8,11,15,21-22,29H,2,4,9-10,12-14,16-18H2,(H,26,30)/t21-/m1/s1. The van der Waals surface area contributed by atoms with Gasteiger partial charge in [0.25, 0.3) is 0 Å². The second-order valence-electron chi connectivity index (χ2n) is 8.59. The zero-order valence-electron chi connectivity index (χ0n) is 17.5. The molecular formula is C24H32N4O2. The Kier molecular flexibility index (Phi) is 6.97. The lowest BCUT2D eigenvalue weighted by Crippen LogP contribution is -2.50. The van der Waals surface area contributed by atoms with Crippen LogP contribution in [0.3, 0.4) is 0 Å². The summed E-state index contributed by atoms with van der Waals surface area (Å²) >= 11 is 0. The Bertz CT molecular complexity index is 804. The number of pyridine rings is 1. The molecule has 1 aromatic heterocycles. The number of likely N-dealkylation sites (tertiary alicyclic amines) is 2. The van der Waals surface area contributed by atoms with E-state index in [-0.39, 0.29) is 17.6 Å². The fourth-order valence-electron chi connectivity index (χ4n) is 4.69. The van der Waals surface area contributed by atoms with Crippen LogP contribution in [0.4, 0.5) is 0 Å². The van der Waals surface area contributed by atoms with Crippen LogP contribution in [-0.2, 0) is 17.9 Å². The molecule has 2 fully saturated rings. The van der Waals surface area contributed by atoms with Crippen molar-refractivity contribution in [3.63, 3.8) is 0 Å². The van der Waals surface area contributed by atoms with Gasteiger partial charge in [0.2, 0.25) is 5.91 Å². The number of nitrogens with zero attached hydrogens (tertiary/aromatic N) is 3. The number of rotatable bonds is 6. The lowest BCUT2D eigenvalue weighted by atomic mass is 9.93. The number of benzene rings is 1. The number of amides is 1. The number of nitrogens with one attached hydrogen (secondary N) is 1. The lowest BCUT2D eigenvalue weighted by molar-refractivity contribution is -0.127. The van der Waals surface area contributed by atoms with E-state index in [4.69, 9.17) is 0 Å². The van der Waals surface area contributed by atoms with E-state index in [1.165, 1.54) is 18.4 Å². The first-order valence-corrected chi connectivity index (χ1v) is 11.1. The molecule has 30 heavy (non-hydrogen) atoms. The number of aromatic nitrogens is 1. The molecule has 2 saturated heterocycles. The zero-order chi connectivity index (χ0) is 20.8. The van der Waals surface area contributed by atoms with Crippen LogP contribution < -0.4 is 5.32 Å². The van der Waals surface area contributed by atoms with E-state index in [0.717, 1.165) is 51.1 Å². The first-order valence-electron chi connectivity index (χ1n) is 11.1. The van der Waals surface area contributed by atoms with Crippen molar-refractivity contribution in [3.8, 4) is 5.75 Å². The van der Waals surface area contributed by atoms with Gasteiger partial charge < -0.3 is 10.4 Å². The number of carbonyl (C=O) groups is 1. The Hall–Kier alpha value is -2.44. The molecule has 2 N–H and O–H groups in total. The van der Waals surface area contributed by atoms with Crippen LogP contribution in [0.5, 0.6) is 5.75 Å². The summed E-state index contributed by atoms with van der Waals surface area (Å²) in [6.45, 7) is 5.68. The van der Waals surface area contributed by atoms with Gasteiger partial charge in [0.05, 0.1) is 5.92 Å². The quantitative estimate of drug-likeness (QED) is 0.769. The average Bonchev–Trinajstić information content (AvgIpc) is 2.80. The molecule has 0 aliphatic carbocycles. The maximum atomic E-state index is 12.7. The van der Waals surface area contributed by atoms with Gasteiger partial charge in [0, 0.05) is 38.1 Å². The SMILES string of the molecule is O=C(NCc1ccc(O)cc1)[C@@H]1CCCN(C2CCN(Cc3cccnc3)CC2)C1. The monoisotopic (exact) mass is 408 g/mol. The number of phenols is 1. The van der Waals surface area contributed by atoms with Crippen LogP contribution in [0, 0.1) is 5.92 Å². The Morgan fingerprint density at radius 3 is 2.60 bits per heavy atom. The zero-order valence-corrected chi connectivity index (χ0v) is 17.5. The predicted octanol–water partition coefficient (Wildman–Crippen LogP) is 2.78. The van der Waals surface area contributed by atoms with E-state index < -0.39 is 0 Å². The second kappa shape index (κ2) is 10.0. The molecule has 4 rings (SSSR count). The van der Waals surface area contributed by atoms with Gasteiger partial charge in [0.1, 0.15) is 5.75 Å². The molecule has 1 atom stereocenters. The summed E-state index contributed by atoms with van der Waals surface area (Å²) in [5.74, 6) is 0.477. The molecule has 160 valence electrons. The number of hydrogen-bond acceptors (Lipinski definition) is 5. The topological polar surface area (TPSA) is 68.7 Å². The van der Waals surface area contributed by atoms with E-state index in [1.807, 2.05) is 30.6 Å². The fourth-order valence-corrected chi connectivity index (χ4v) is 4.69. The summed E-state index contributed by atoms with van der Waals surface area (Å²) in [5, 5.41) is 12.5. The summed E-state index contributed by atoms with van der Waals surface area (Å²) < 4.78 is 0. The van der Waals surface area contributed by atoms with Gasteiger partial charge in [0.15, 0.2) is 0 Å². The van der Waals surface area contributed by atoms with Crippen LogP contribution in [0.15, 0.2) is 48.8 Å². The predicted molar refractivity (Wildman–Crippen MR) is 117 cm³/mol. The molecule has 0 bridgehead atoms. The van der Waals surface area contributed by atoms with Gasteiger partial charge in [-0.1, -0.05) is 18.2 Å². The number of piperidine rings is 2. The van der Waals surface area contributed by atoms with E-state index in [2.05, 4.69) is 26.2 Å². The van der Waals surface area contributed by atoms with Crippen molar-refractivity contribution in [3.05, 3.63) is 59.9 Å². The minimum Gasteiger partial charge on any atom is -0.508 e. The van der Waals surface area contributed by atoms with E-state index >= 15 is 0 Å². The molecule has 6 heteroatoms. The van der Waals surface area contributed by atoms with E-state index in [0.29, 0.717) is 12.6 Å². The van der Waals surface area contributed by atoms with E-state index in [1.54, 1.807) is 12.1 Å². The molecule has 0 radical (unpaired) electrons. The molecule has 2 aliphatic rings. The molecule has 0 spiro atoms. The Labute approximate surface area is 178 Å². The van der Waals surface area contributed by atoms with Gasteiger partial charge in [-0.3, -0.25) is 19.6 Å². The number of carbonyl (C=O) groups excluding carboxylic acids is 1. The fraction of sp³-hybridized carbons (Fsp3) is 0.500. The largest absolute Gasteiger partial charge is 0.508 e. The summed E-state index contributed by atoms with van der Waals surface area (Å²) in [5.41, 5.74) is 2.29. The summed E-state index contributed by atoms with van der Waals surface area (Å²) in [6, 6.07) is 11.7.